The maximum Gasteiger partial charge on any atom is 0.224 e. The van der Waals surface area contributed by atoms with Crippen LogP contribution in [-0.2, 0) is 17.8 Å². The molecule has 6 nitrogen and oxygen atoms in total. The fourth-order valence-electron chi connectivity index (χ4n) is 4.71. The SMILES string of the molecule is COc1cc(C[C@H](C)N2CCC3(CC2)C[C@@H]3C(=O)NCc2ccco2)ccc1O. The number of aromatic hydroxyl groups is 1. The molecule has 2 aliphatic rings. The zero-order chi connectivity index (χ0) is 20.4. The largest absolute Gasteiger partial charge is 0.504 e. The first-order valence-electron chi connectivity index (χ1n) is 10.4. The number of phenolic OH excluding ortho intramolecular Hbond substituents is 1. The fraction of sp³-hybridized carbons (Fsp3) is 0.522. The molecule has 0 bridgehead atoms. The van der Waals surface area contributed by atoms with Crippen LogP contribution in [0.1, 0.15) is 37.5 Å². The number of piperidine rings is 1. The second-order valence-corrected chi connectivity index (χ2v) is 8.51. The van der Waals surface area contributed by atoms with Crippen molar-refractivity contribution in [3.05, 3.63) is 47.9 Å². The molecule has 1 saturated carbocycles. The highest BCUT2D eigenvalue weighted by molar-refractivity contribution is 5.82. The first kappa shape index (κ1) is 19.8. The Hall–Kier alpha value is -2.47. The zero-order valence-electron chi connectivity index (χ0n) is 17.2. The summed E-state index contributed by atoms with van der Waals surface area (Å²) in [6.45, 7) is 4.77. The van der Waals surface area contributed by atoms with E-state index in [0.29, 0.717) is 18.3 Å². The van der Waals surface area contributed by atoms with Crippen molar-refractivity contribution in [2.45, 2.75) is 45.2 Å². The molecular weight excluding hydrogens is 368 g/mol. The highest BCUT2D eigenvalue weighted by Crippen LogP contribution is 2.59. The van der Waals surface area contributed by atoms with Crippen molar-refractivity contribution in [1.29, 1.82) is 0 Å². The summed E-state index contributed by atoms with van der Waals surface area (Å²) < 4.78 is 10.5. The highest BCUT2D eigenvalue weighted by Gasteiger charge is 2.58. The second kappa shape index (κ2) is 8.11. The molecule has 6 heteroatoms. The van der Waals surface area contributed by atoms with E-state index < -0.39 is 0 Å². The van der Waals surface area contributed by atoms with Crippen LogP contribution in [0.25, 0.3) is 0 Å². The number of hydrogen-bond acceptors (Lipinski definition) is 5. The Morgan fingerprint density at radius 3 is 2.86 bits per heavy atom. The van der Waals surface area contributed by atoms with Crippen molar-refractivity contribution in [2.24, 2.45) is 11.3 Å². The van der Waals surface area contributed by atoms with Gasteiger partial charge in [0.2, 0.25) is 5.91 Å². The number of methoxy groups -OCH3 is 1. The van der Waals surface area contributed by atoms with E-state index >= 15 is 0 Å². The predicted molar refractivity (Wildman–Crippen MR) is 110 cm³/mol. The van der Waals surface area contributed by atoms with Crippen molar-refractivity contribution in [2.75, 3.05) is 20.2 Å². The molecule has 2 aromatic rings. The number of rotatable bonds is 7. The maximum atomic E-state index is 12.5. The zero-order valence-corrected chi connectivity index (χ0v) is 17.2. The van der Waals surface area contributed by atoms with Crippen LogP contribution in [0.2, 0.25) is 0 Å². The molecule has 1 aromatic carbocycles. The standard InChI is InChI=1S/C23H30N2O4/c1-16(12-17-5-6-20(26)21(13-17)28-2)25-9-7-23(8-10-25)14-19(23)22(27)24-15-18-4-3-11-29-18/h3-6,11,13,16,19,26H,7-10,12,14-15H2,1-2H3,(H,24,27)/t16-,19+/m0/s1. The molecule has 1 aliphatic heterocycles. The Labute approximate surface area is 171 Å². The van der Waals surface area contributed by atoms with Crippen molar-refractivity contribution in [1.82, 2.24) is 10.2 Å². The van der Waals surface area contributed by atoms with Gasteiger partial charge in [-0.25, -0.2) is 0 Å². The van der Waals surface area contributed by atoms with E-state index in [1.54, 1.807) is 19.4 Å². The van der Waals surface area contributed by atoms with Crippen molar-refractivity contribution >= 4 is 5.91 Å². The average Bonchev–Trinajstić information content (AvgIpc) is 3.17. The summed E-state index contributed by atoms with van der Waals surface area (Å²) in [6.07, 6.45) is 5.71. The molecule has 2 fully saturated rings. The summed E-state index contributed by atoms with van der Waals surface area (Å²) >= 11 is 0. The van der Waals surface area contributed by atoms with Crippen LogP contribution in [0.4, 0.5) is 0 Å². The summed E-state index contributed by atoms with van der Waals surface area (Å²) in [5, 5.41) is 12.8. The van der Waals surface area contributed by atoms with E-state index in [9.17, 15) is 9.90 Å². The number of amides is 1. The van der Waals surface area contributed by atoms with Gasteiger partial charge in [0.25, 0.3) is 0 Å². The molecule has 0 radical (unpaired) electrons. The summed E-state index contributed by atoms with van der Waals surface area (Å²) in [5.74, 6) is 1.81. The smallest absolute Gasteiger partial charge is 0.224 e. The topological polar surface area (TPSA) is 74.9 Å². The molecule has 29 heavy (non-hydrogen) atoms. The lowest BCUT2D eigenvalue weighted by Gasteiger charge is -2.37. The minimum absolute atomic E-state index is 0.149. The van der Waals surface area contributed by atoms with Gasteiger partial charge in [0, 0.05) is 12.0 Å². The summed E-state index contributed by atoms with van der Waals surface area (Å²) in [4.78, 5) is 15.0. The molecule has 1 saturated heterocycles. The Morgan fingerprint density at radius 1 is 1.38 bits per heavy atom. The minimum atomic E-state index is 0.149. The first-order chi connectivity index (χ1) is 14.0. The van der Waals surface area contributed by atoms with E-state index in [1.807, 2.05) is 24.3 Å². The summed E-state index contributed by atoms with van der Waals surface area (Å²) in [6, 6.07) is 9.70. The van der Waals surface area contributed by atoms with E-state index in [2.05, 4.69) is 17.1 Å². The number of benzene rings is 1. The third kappa shape index (κ3) is 4.27. The van der Waals surface area contributed by atoms with Crippen LogP contribution >= 0.6 is 0 Å². The van der Waals surface area contributed by atoms with Crippen LogP contribution in [0.5, 0.6) is 11.5 Å². The lowest BCUT2D eigenvalue weighted by molar-refractivity contribution is -0.123. The predicted octanol–water partition coefficient (Wildman–Crippen LogP) is 3.34. The average molecular weight is 399 g/mol. The Kier molecular flexibility index (Phi) is 5.54. The van der Waals surface area contributed by atoms with Gasteiger partial charge in [-0.05, 0) is 80.9 Å². The van der Waals surface area contributed by atoms with Gasteiger partial charge < -0.3 is 24.5 Å². The van der Waals surface area contributed by atoms with Gasteiger partial charge in [-0.15, -0.1) is 0 Å². The molecule has 1 amide bonds. The normalized spacial score (nSPS) is 21.7. The lowest BCUT2D eigenvalue weighted by atomic mass is 9.89. The van der Waals surface area contributed by atoms with Crippen LogP contribution < -0.4 is 10.1 Å². The number of likely N-dealkylation sites (tertiary alicyclic amines) is 1. The van der Waals surface area contributed by atoms with Gasteiger partial charge in [0.1, 0.15) is 5.76 Å². The maximum absolute atomic E-state index is 12.5. The molecular formula is C23H30N2O4. The van der Waals surface area contributed by atoms with Crippen molar-refractivity contribution < 1.29 is 19.1 Å². The third-order valence-corrected chi connectivity index (χ3v) is 6.72. The Balaban J connectivity index is 1.25. The monoisotopic (exact) mass is 398 g/mol. The summed E-state index contributed by atoms with van der Waals surface area (Å²) in [5.41, 5.74) is 1.36. The third-order valence-electron chi connectivity index (χ3n) is 6.72. The fourth-order valence-corrected chi connectivity index (χ4v) is 4.71. The van der Waals surface area contributed by atoms with Crippen LogP contribution in [0.3, 0.4) is 0 Å². The lowest BCUT2D eigenvalue weighted by Crippen LogP contribution is -2.42. The molecule has 1 spiro atoms. The first-order valence-corrected chi connectivity index (χ1v) is 10.4. The number of ether oxygens (including phenoxy) is 1. The highest BCUT2D eigenvalue weighted by atomic mass is 16.5. The molecule has 1 aliphatic carbocycles. The van der Waals surface area contributed by atoms with Gasteiger partial charge in [0.15, 0.2) is 11.5 Å². The number of hydrogen-bond donors (Lipinski definition) is 2. The Morgan fingerprint density at radius 2 is 2.17 bits per heavy atom. The number of carbonyl (C=O) groups is 1. The minimum Gasteiger partial charge on any atom is -0.504 e. The number of furan rings is 1. The molecule has 1 aromatic heterocycles. The quantitative estimate of drug-likeness (QED) is 0.748. The van der Waals surface area contributed by atoms with E-state index in [1.165, 1.54) is 0 Å². The van der Waals surface area contributed by atoms with Gasteiger partial charge in [-0.3, -0.25) is 4.79 Å². The summed E-state index contributed by atoms with van der Waals surface area (Å²) in [7, 11) is 1.57. The van der Waals surface area contributed by atoms with Gasteiger partial charge in [-0.2, -0.15) is 0 Å². The Bertz CT molecular complexity index is 841. The molecule has 4 rings (SSSR count). The van der Waals surface area contributed by atoms with Gasteiger partial charge in [-0.1, -0.05) is 6.07 Å². The molecule has 2 N–H and O–H groups in total. The van der Waals surface area contributed by atoms with Gasteiger partial charge >= 0.3 is 0 Å². The molecule has 2 heterocycles. The number of phenols is 1. The van der Waals surface area contributed by atoms with Crippen LogP contribution in [0, 0.1) is 11.3 Å². The molecule has 0 unspecified atom stereocenters. The number of nitrogens with zero attached hydrogens (tertiary/aromatic N) is 1. The van der Waals surface area contributed by atoms with Crippen molar-refractivity contribution in [3.8, 4) is 11.5 Å². The van der Waals surface area contributed by atoms with Crippen molar-refractivity contribution in [3.63, 3.8) is 0 Å². The number of nitrogens with one attached hydrogen (secondary N) is 1. The van der Waals surface area contributed by atoms with Crippen LogP contribution in [0.15, 0.2) is 41.0 Å². The van der Waals surface area contributed by atoms with E-state index in [-0.39, 0.29) is 23.0 Å². The van der Waals surface area contributed by atoms with Crippen LogP contribution in [-0.4, -0.2) is 42.2 Å². The number of carbonyl (C=O) groups excluding carboxylic acids is 1. The molecule has 2 atom stereocenters. The second-order valence-electron chi connectivity index (χ2n) is 8.51. The van der Waals surface area contributed by atoms with E-state index in [0.717, 1.165) is 50.1 Å². The molecule has 156 valence electrons. The van der Waals surface area contributed by atoms with Gasteiger partial charge in [0.05, 0.1) is 19.9 Å². The van der Waals surface area contributed by atoms with E-state index in [4.69, 9.17) is 9.15 Å².